The molecule has 1 aromatic heterocycles. The number of benzene rings is 2. The third-order valence-electron chi connectivity index (χ3n) is 5.57. The van der Waals surface area contributed by atoms with Gasteiger partial charge in [-0.2, -0.15) is 0 Å². The van der Waals surface area contributed by atoms with Crippen molar-refractivity contribution in [3.05, 3.63) is 65.4 Å². The third kappa shape index (κ3) is 4.43. The van der Waals surface area contributed by atoms with Crippen molar-refractivity contribution in [2.75, 3.05) is 10.6 Å². The number of amides is 1. The zero-order valence-corrected chi connectivity index (χ0v) is 16.9. The standard InChI is InChI=1S/C24H25N3O3/c1-15-7-8-16-13-17(9-11-20(16)25-15)23(28)27-22-14-18(24(29)30)10-12-21(22)26-19-5-3-2-4-6-19/h7-14,19,26H,2-6H2,1H3,(H,27,28)(H,29,30). The van der Waals surface area contributed by atoms with Crippen molar-refractivity contribution in [2.45, 2.75) is 45.1 Å². The summed E-state index contributed by atoms with van der Waals surface area (Å²) in [6.07, 6.45) is 5.75. The number of nitrogens with zero attached hydrogens (tertiary/aromatic N) is 1. The van der Waals surface area contributed by atoms with E-state index >= 15 is 0 Å². The van der Waals surface area contributed by atoms with Crippen molar-refractivity contribution in [3.8, 4) is 0 Å². The number of hydrogen-bond acceptors (Lipinski definition) is 4. The summed E-state index contributed by atoms with van der Waals surface area (Å²) < 4.78 is 0. The molecule has 0 aliphatic heterocycles. The zero-order valence-electron chi connectivity index (χ0n) is 16.9. The highest BCUT2D eigenvalue weighted by Gasteiger charge is 2.17. The molecule has 154 valence electrons. The molecule has 30 heavy (non-hydrogen) atoms. The predicted octanol–water partition coefficient (Wildman–Crippen LogP) is 5.24. The van der Waals surface area contributed by atoms with Gasteiger partial charge in [-0.3, -0.25) is 9.78 Å². The molecule has 0 bridgehead atoms. The van der Waals surface area contributed by atoms with E-state index < -0.39 is 5.97 Å². The molecule has 0 radical (unpaired) electrons. The van der Waals surface area contributed by atoms with Crippen LogP contribution in [0.4, 0.5) is 11.4 Å². The maximum absolute atomic E-state index is 12.9. The molecule has 3 N–H and O–H groups in total. The van der Waals surface area contributed by atoms with Crippen LogP contribution in [-0.4, -0.2) is 28.0 Å². The van der Waals surface area contributed by atoms with Gasteiger partial charge in [0.2, 0.25) is 0 Å². The van der Waals surface area contributed by atoms with Crippen LogP contribution in [0.1, 0.15) is 58.5 Å². The molecular weight excluding hydrogens is 378 g/mol. The molecule has 1 saturated carbocycles. The fourth-order valence-corrected chi connectivity index (χ4v) is 3.94. The van der Waals surface area contributed by atoms with Crippen molar-refractivity contribution in [1.29, 1.82) is 0 Å². The molecule has 4 rings (SSSR count). The van der Waals surface area contributed by atoms with E-state index in [1.807, 2.05) is 25.1 Å². The molecule has 1 fully saturated rings. The molecule has 0 unspecified atom stereocenters. The Kier molecular flexibility index (Phi) is 5.65. The summed E-state index contributed by atoms with van der Waals surface area (Å²) in [6.45, 7) is 1.93. The Bertz CT molecular complexity index is 1100. The number of hydrogen-bond donors (Lipinski definition) is 3. The van der Waals surface area contributed by atoms with Gasteiger partial charge in [-0.1, -0.05) is 25.3 Å². The highest BCUT2D eigenvalue weighted by atomic mass is 16.4. The molecule has 1 amide bonds. The molecular formula is C24H25N3O3. The summed E-state index contributed by atoms with van der Waals surface area (Å²) in [5.41, 5.74) is 3.61. The van der Waals surface area contributed by atoms with Crippen LogP contribution in [0, 0.1) is 6.92 Å². The Morgan fingerprint density at radius 3 is 2.47 bits per heavy atom. The number of aromatic carboxylic acids is 1. The number of rotatable bonds is 5. The molecule has 0 spiro atoms. The first-order valence-electron chi connectivity index (χ1n) is 10.3. The van der Waals surface area contributed by atoms with Gasteiger partial charge in [0.25, 0.3) is 5.91 Å². The van der Waals surface area contributed by atoms with Crippen molar-refractivity contribution >= 4 is 34.2 Å². The lowest BCUT2D eigenvalue weighted by atomic mass is 9.95. The van der Waals surface area contributed by atoms with Gasteiger partial charge in [0.1, 0.15) is 0 Å². The first kappa shape index (κ1) is 19.9. The van der Waals surface area contributed by atoms with Crippen LogP contribution < -0.4 is 10.6 Å². The maximum atomic E-state index is 12.9. The molecule has 3 aromatic rings. The maximum Gasteiger partial charge on any atom is 0.335 e. The summed E-state index contributed by atoms with van der Waals surface area (Å²) in [4.78, 5) is 28.9. The zero-order chi connectivity index (χ0) is 21.1. The van der Waals surface area contributed by atoms with Crippen LogP contribution in [0.25, 0.3) is 10.9 Å². The van der Waals surface area contributed by atoms with Gasteiger partial charge >= 0.3 is 5.97 Å². The largest absolute Gasteiger partial charge is 0.478 e. The third-order valence-corrected chi connectivity index (χ3v) is 5.57. The quantitative estimate of drug-likeness (QED) is 0.542. The molecule has 6 nitrogen and oxygen atoms in total. The first-order valence-corrected chi connectivity index (χ1v) is 10.3. The Labute approximate surface area is 175 Å². The molecule has 0 saturated heterocycles. The van der Waals surface area contributed by atoms with E-state index in [9.17, 15) is 14.7 Å². The van der Waals surface area contributed by atoms with E-state index in [0.717, 1.165) is 35.1 Å². The van der Waals surface area contributed by atoms with Crippen LogP contribution in [0.15, 0.2) is 48.5 Å². The number of carbonyl (C=O) groups excluding carboxylic acids is 1. The Balaban J connectivity index is 1.61. The minimum absolute atomic E-state index is 0.137. The minimum Gasteiger partial charge on any atom is -0.478 e. The summed E-state index contributed by atoms with van der Waals surface area (Å²) in [5, 5.41) is 16.6. The molecule has 6 heteroatoms. The van der Waals surface area contributed by atoms with Crippen LogP contribution in [0.3, 0.4) is 0 Å². The second-order valence-corrected chi connectivity index (χ2v) is 7.86. The van der Waals surface area contributed by atoms with Crippen molar-refractivity contribution in [1.82, 2.24) is 4.98 Å². The topological polar surface area (TPSA) is 91.3 Å². The lowest BCUT2D eigenvalue weighted by Gasteiger charge is -2.25. The average Bonchev–Trinajstić information content (AvgIpc) is 2.75. The number of anilines is 2. The number of fused-ring (bicyclic) bond motifs is 1. The minimum atomic E-state index is -1.03. The normalized spacial score (nSPS) is 14.4. The molecule has 1 aliphatic rings. The Morgan fingerprint density at radius 2 is 1.70 bits per heavy atom. The van der Waals surface area contributed by atoms with Crippen molar-refractivity contribution in [2.24, 2.45) is 0 Å². The number of aryl methyl sites for hydroxylation is 1. The van der Waals surface area contributed by atoms with E-state index in [-0.39, 0.29) is 11.5 Å². The predicted molar refractivity (Wildman–Crippen MR) is 118 cm³/mol. The number of carboxylic acids is 1. The second-order valence-electron chi connectivity index (χ2n) is 7.86. The van der Waals surface area contributed by atoms with Crippen LogP contribution >= 0.6 is 0 Å². The second kappa shape index (κ2) is 8.53. The van der Waals surface area contributed by atoms with Crippen LogP contribution in [0.2, 0.25) is 0 Å². The van der Waals surface area contributed by atoms with E-state index in [4.69, 9.17) is 0 Å². The van der Waals surface area contributed by atoms with Crippen LogP contribution in [0.5, 0.6) is 0 Å². The Morgan fingerprint density at radius 1 is 0.933 bits per heavy atom. The van der Waals surface area contributed by atoms with Gasteiger partial charge in [0.05, 0.1) is 22.5 Å². The highest BCUT2D eigenvalue weighted by molar-refractivity contribution is 6.08. The summed E-state index contributed by atoms with van der Waals surface area (Å²) in [5.74, 6) is -1.31. The van der Waals surface area contributed by atoms with Gasteiger partial charge < -0.3 is 15.7 Å². The van der Waals surface area contributed by atoms with Crippen LogP contribution in [-0.2, 0) is 0 Å². The molecule has 2 aromatic carbocycles. The number of pyridine rings is 1. The number of aromatic nitrogens is 1. The van der Waals surface area contributed by atoms with Gasteiger partial charge in [-0.05, 0) is 62.2 Å². The average molecular weight is 403 g/mol. The van der Waals surface area contributed by atoms with E-state index in [0.29, 0.717) is 17.3 Å². The smallest absolute Gasteiger partial charge is 0.335 e. The first-order chi connectivity index (χ1) is 14.5. The SMILES string of the molecule is Cc1ccc2cc(C(=O)Nc3cc(C(=O)O)ccc3NC3CCCCC3)ccc2n1. The summed E-state index contributed by atoms with van der Waals surface area (Å²) >= 11 is 0. The fraction of sp³-hybridized carbons (Fsp3) is 0.292. The molecule has 1 heterocycles. The summed E-state index contributed by atoms with van der Waals surface area (Å²) in [7, 11) is 0. The van der Waals surface area contributed by atoms with E-state index in [1.165, 1.54) is 25.3 Å². The number of carboxylic acid groups (broad SMARTS) is 1. The lowest BCUT2D eigenvalue weighted by Crippen LogP contribution is -2.23. The lowest BCUT2D eigenvalue weighted by molar-refractivity contribution is 0.0696. The molecule has 0 atom stereocenters. The Hall–Kier alpha value is -3.41. The number of nitrogens with one attached hydrogen (secondary N) is 2. The van der Waals surface area contributed by atoms with E-state index in [1.54, 1.807) is 24.3 Å². The van der Waals surface area contributed by atoms with Gasteiger partial charge in [0, 0.05) is 22.7 Å². The van der Waals surface area contributed by atoms with Gasteiger partial charge in [-0.25, -0.2) is 4.79 Å². The van der Waals surface area contributed by atoms with E-state index in [2.05, 4.69) is 15.6 Å². The highest BCUT2D eigenvalue weighted by Crippen LogP contribution is 2.29. The fourth-order valence-electron chi connectivity index (χ4n) is 3.94. The van der Waals surface area contributed by atoms with Gasteiger partial charge in [0.15, 0.2) is 0 Å². The monoisotopic (exact) mass is 403 g/mol. The molecule has 1 aliphatic carbocycles. The number of carbonyl (C=O) groups is 2. The van der Waals surface area contributed by atoms with Crippen molar-refractivity contribution in [3.63, 3.8) is 0 Å². The summed E-state index contributed by atoms with van der Waals surface area (Å²) in [6, 6.07) is 14.4. The van der Waals surface area contributed by atoms with Gasteiger partial charge in [-0.15, -0.1) is 0 Å². The van der Waals surface area contributed by atoms with Crippen molar-refractivity contribution < 1.29 is 14.7 Å².